The van der Waals surface area contributed by atoms with Crippen molar-refractivity contribution in [3.63, 3.8) is 0 Å². The standard InChI is InChI=1S/C14H17N3O3/c1-19-13(18)8-10-9-17(6-7-20-10)14-15-11-4-2-3-5-12(11)16-14/h2-5,10H,6-9H2,1H3,(H,15,16). The van der Waals surface area contributed by atoms with E-state index in [4.69, 9.17) is 4.74 Å². The van der Waals surface area contributed by atoms with Crippen LogP contribution < -0.4 is 4.90 Å². The molecule has 1 fully saturated rings. The van der Waals surface area contributed by atoms with Gasteiger partial charge in [0.2, 0.25) is 5.95 Å². The minimum atomic E-state index is -0.249. The van der Waals surface area contributed by atoms with Gasteiger partial charge in [0.1, 0.15) is 0 Å². The zero-order valence-corrected chi connectivity index (χ0v) is 11.3. The summed E-state index contributed by atoms with van der Waals surface area (Å²) < 4.78 is 10.3. The fourth-order valence-electron chi connectivity index (χ4n) is 2.39. The van der Waals surface area contributed by atoms with E-state index in [0.29, 0.717) is 13.2 Å². The number of morpholine rings is 1. The number of methoxy groups -OCH3 is 1. The van der Waals surface area contributed by atoms with Gasteiger partial charge in [0.25, 0.3) is 0 Å². The van der Waals surface area contributed by atoms with Crippen molar-refractivity contribution in [2.45, 2.75) is 12.5 Å². The highest BCUT2D eigenvalue weighted by molar-refractivity contribution is 5.77. The first-order valence-corrected chi connectivity index (χ1v) is 6.64. The van der Waals surface area contributed by atoms with E-state index >= 15 is 0 Å². The molecule has 6 nitrogen and oxygen atoms in total. The van der Waals surface area contributed by atoms with Gasteiger partial charge in [-0.05, 0) is 12.1 Å². The van der Waals surface area contributed by atoms with Crippen LogP contribution in [0.5, 0.6) is 0 Å². The minimum absolute atomic E-state index is 0.149. The van der Waals surface area contributed by atoms with Gasteiger partial charge < -0.3 is 19.4 Å². The molecule has 1 aromatic heterocycles. The molecule has 2 aromatic rings. The highest BCUT2D eigenvalue weighted by Crippen LogP contribution is 2.20. The number of carbonyl (C=O) groups is 1. The highest BCUT2D eigenvalue weighted by atomic mass is 16.5. The number of nitrogens with zero attached hydrogens (tertiary/aromatic N) is 2. The SMILES string of the molecule is COC(=O)CC1CN(c2nc3ccccc3[nH]2)CCO1. The Balaban J connectivity index is 1.74. The number of benzene rings is 1. The lowest BCUT2D eigenvalue weighted by Crippen LogP contribution is -2.44. The normalized spacial score (nSPS) is 19.2. The number of carbonyl (C=O) groups excluding carboxylic acids is 1. The van der Waals surface area contributed by atoms with Crippen LogP contribution in [0.4, 0.5) is 5.95 Å². The molecule has 2 heterocycles. The number of fused-ring (bicyclic) bond motifs is 1. The second-order valence-corrected chi connectivity index (χ2v) is 4.80. The molecule has 0 spiro atoms. The molecule has 3 rings (SSSR count). The van der Waals surface area contributed by atoms with Crippen molar-refractivity contribution >= 4 is 23.0 Å². The van der Waals surface area contributed by atoms with Crippen LogP contribution in [0.3, 0.4) is 0 Å². The zero-order valence-electron chi connectivity index (χ0n) is 11.3. The molecule has 0 aliphatic carbocycles. The number of aromatic nitrogens is 2. The van der Waals surface area contributed by atoms with Crippen LogP contribution in [-0.4, -0.2) is 48.8 Å². The number of hydrogen-bond acceptors (Lipinski definition) is 5. The van der Waals surface area contributed by atoms with E-state index in [1.165, 1.54) is 7.11 Å². The monoisotopic (exact) mass is 275 g/mol. The summed E-state index contributed by atoms with van der Waals surface area (Å²) in [6.45, 7) is 1.98. The van der Waals surface area contributed by atoms with Crippen LogP contribution in [0.2, 0.25) is 0 Å². The molecule has 0 bridgehead atoms. The van der Waals surface area contributed by atoms with Crippen LogP contribution >= 0.6 is 0 Å². The first-order valence-electron chi connectivity index (χ1n) is 6.64. The molecule has 1 aromatic carbocycles. The van der Waals surface area contributed by atoms with Crippen molar-refractivity contribution in [3.8, 4) is 0 Å². The van der Waals surface area contributed by atoms with Crippen LogP contribution in [-0.2, 0) is 14.3 Å². The molecular weight excluding hydrogens is 258 g/mol. The summed E-state index contributed by atoms with van der Waals surface area (Å²) in [6, 6.07) is 7.91. The maximum Gasteiger partial charge on any atom is 0.308 e. The second-order valence-electron chi connectivity index (χ2n) is 4.80. The number of hydrogen-bond donors (Lipinski definition) is 1. The van der Waals surface area contributed by atoms with Crippen LogP contribution in [0, 0.1) is 0 Å². The molecule has 1 saturated heterocycles. The molecular formula is C14H17N3O3. The molecule has 1 aliphatic heterocycles. The third-order valence-electron chi connectivity index (χ3n) is 3.44. The van der Waals surface area contributed by atoms with Gasteiger partial charge in [-0.3, -0.25) is 4.79 Å². The summed E-state index contributed by atoms with van der Waals surface area (Å²) in [7, 11) is 1.39. The van der Waals surface area contributed by atoms with E-state index in [0.717, 1.165) is 23.5 Å². The van der Waals surface area contributed by atoms with E-state index in [-0.39, 0.29) is 18.5 Å². The predicted octanol–water partition coefficient (Wildman–Crippen LogP) is 1.33. The minimum Gasteiger partial charge on any atom is -0.469 e. The highest BCUT2D eigenvalue weighted by Gasteiger charge is 2.25. The summed E-state index contributed by atoms with van der Waals surface area (Å²) in [5.74, 6) is 0.575. The van der Waals surface area contributed by atoms with Crippen LogP contribution in [0.1, 0.15) is 6.42 Å². The Morgan fingerprint density at radius 1 is 1.55 bits per heavy atom. The largest absolute Gasteiger partial charge is 0.469 e. The maximum atomic E-state index is 11.3. The molecule has 6 heteroatoms. The van der Waals surface area contributed by atoms with Gasteiger partial charge in [-0.25, -0.2) is 4.98 Å². The topological polar surface area (TPSA) is 67.5 Å². The molecule has 1 unspecified atom stereocenters. The molecule has 1 aliphatic rings. The number of rotatable bonds is 3. The molecule has 0 radical (unpaired) electrons. The molecule has 1 atom stereocenters. The van der Waals surface area contributed by atoms with Gasteiger partial charge in [0.15, 0.2) is 0 Å². The Bertz CT molecular complexity index is 577. The predicted molar refractivity (Wildman–Crippen MR) is 74.7 cm³/mol. The quantitative estimate of drug-likeness (QED) is 0.856. The number of anilines is 1. The lowest BCUT2D eigenvalue weighted by Gasteiger charge is -2.32. The first kappa shape index (κ1) is 12.9. The number of nitrogens with one attached hydrogen (secondary N) is 1. The molecule has 106 valence electrons. The van der Waals surface area contributed by atoms with Gasteiger partial charge in [-0.1, -0.05) is 12.1 Å². The third-order valence-corrected chi connectivity index (χ3v) is 3.44. The summed E-state index contributed by atoms with van der Waals surface area (Å²) in [4.78, 5) is 21.3. The third kappa shape index (κ3) is 2.60. The van der Waals surface area contributed by atoms with Crippen molar-refractivity contribution in [2.75, 3.05) is 31.7 Å². The lowest BCUT2D eigenvalue weighted by molar-refractivity contribution is -0.144. The fourth-order valence-corrected chi connectivity index (χ4v) is 2.39. The van der Waals surface area contributed by atoms with Gasteiger partial charge in [-0.15, -0.1) is 0 Å². The Hall–Kier alpha value is -2.08. The van der Waals surface area contributed by atoms with E-state index in [2.05, 4.69) is 19.6 Å². The van der Waals surface area contributed by atoms with Gasteiger partial charge in [-0.2, -0.15) is 0 Å². The molecule has 0 saturated carbocycles. The summed E-state index contributed by atoms with van der Waals surface area (Å²) in [5.41, 5.74) is 1.96. The summed E-state index contributed by atoms with van der Waals surface area (Å²) >= 11 is 0. The molecule has 0 amide bonds. The Morgan fingerprint density at radius 2 is 2.40 bits per heavy atom. The average Bonchev–Trinajstić information content (AvgIpc) is 2.91. The maximum absolute atomic E-state index is 11.3. The zero-order chi connectivity index (χ0) is 13.9. The Morgan fingerprint density at radius 3 is 3.20 bits per heavy atom. The lowest BCUT2D eigenvalue weighted by atomic mass is 10.2. The van der Waals surface area contributed by atoms with Crippen molar-refractivity contribution in [1.29, 1.82) is 0 Å². The molecule has 1 N–H and O–H groups in total. The average molecular weight is 275 g/mol. The van der Waals surface area contributed by atoms with Gasteiger partial charge in [0.05, 0.1) is 37.3 Å². The Labute approximate surface area is 116 Å². The first-order chi connectivity index (χ1) is 9.76. The van der Waals surface area contributed by atoms with Crippen LogP contribution in [0.25, 0.3) is 11.0 Å². The number of imidazole rings is 1. The number of aromatic amines is 1. The van der Waals surface area contributed by atoms with Crippen molar-refractivity contribution in [1.82, 2.24) is 9.97 Å². The van der Waals surface area contributed by atoms with E-state index in [1.54, 1.807) is 0 Å². The van der Waals surface area contributed by atoms with Crippen LogP contribution in [0.15, 0.2) is 24.3 Å². The summed E-state index contributed by atoms with van der Waals surface area (Å²) in [6.07, 6.45) is 0.122. The second kappa shape index (κ2) is 5.50. The van der Waals surface area contributed by atoms with Crippen molar-refractivity contribution < 1.29 is 14.3 Å². The van der Waals surface area contributed by atoms with Gasteiger partial charge >= 0.3 is 5.97 Å². The van der Waals surface area contributed by atoms with E-state index < -0.39 is 0 Å². The summed E-state index contributed by atoms with van der Waals surface area (Å²) in [5, 5.41) is 0. The van der Waals surface area contributed by atoms with Crippen molar-refractivity contribution in [3.05, 3.63) is 24.3 Å². The number of H-pyrrole nitrogens is 1. The number of esters is 1. The number of ether oxygens (including phenoxy) is 2. The van der Waals surface area contributed by atoms with E-state index in [9.17, 15) is 4.79 Å². The fraction of sp³-hybridized carbons (Fsp3) is 0.429. The Kier molecular flexibility index (Phi) is 3.56. The smallest absolute Gasteiger partial charge is 0.308 e. The van der Waals surface area contributed by atoms with Crippen molar-refractivity contribution in [2.24, 2.45) is 0 Å². The van der Waals surface area contributed by atoms with E-state index in [1.807, 2.05) is 24.3 Å². The molecule has 20 heavy (non-hydrogen) atoms. The van der Waals surface area contributed by atoms with Gasteiger partial charge in [0, 0.05) is 13.1 Å². The number of para-hydroxylation sites is 2.